The molecule has 1 heterocycles. The van der Waals surface area contributed by atoms with Crippen LogP contribution in [0.1, 0.15) is 44.4 Å². The van der Waals surface area contributed by atoms with Crippen molar-refractivity contribution in [2.24, 2.45) is 5.41 Å². The van der Waals surface area contributed by atoms with Gasteiger partial charge in [-0.1, -0.05) is 20.3 Å². The van der Waals surface area contributed by atoms with Crippen LogP contribution in [-0.4, -0.2) is 21.5 Å². The van der Waals surface area contributed by atoms with Gasteiger partial charge in [-0.3, -0.25) is 0 Å². The lowest BCUT2D eigenvalue weighted by atomic mass is 9.71. The molecule has 1 aromatic rings. The van der Waals surface area contributed by atoms with Crippen LogP contribution >= 0.6 is 27.3 Å². The smallest absolute Gasteiger partial charge is 0.242 e. The Balaban J connectivity index is 2.01. The Kier molecular flexibility index (Phi) is 5.87. The van der Waals surface area contributed by atoms with Gasteiger partial charge in [-0.25, -0.2) is 13.1 Å². The largest absolute Gasteiger partial charge is 0.312 e. The van der Waals surface area contributed by atoms with Crippen molar-refractivity contribution in [3.8, 4) is 0 Å². The molecule has 1 aliphatic carbocycles. The van der Waals surface area contributed by atoms with E-state index in [0.717, 1.165) is 30.7 Å². The van der Waals surface area contributed by atoms with Crippen LogP contribution < -0.4 is 10.0 Å². The highest BCUT2D eigenvalue weighted by Crippen LogP contribution is 2.40. The molecule has 0 aliphatic heterocycles. The molecule has 7 heteroatoms. The first kappa shape index (κ1) is 17.4. The number of hydrogen-bond donors (Lipinski definition) is 2. The molecule has 2 N–H and O–H groups in total. The lowest BCUT2D eigenvalue weighted by Crippen LogP contribution is -2.39. The van der Waals surface area contributed by atoms with Gasteiger partial charge in [0.1, 0.15) is 4.90 Å². The molecule has 0 spiro atoms. The number of rotatable bonds is 8. The first-order valence-electron chi connectivity index (χ1n) is 7.35. The Morgan fingerprint density at radius 2 is 2.14 bits per heavy atom. The SMILES string of the molecule is CCCNCc1cc(S(=O)(=O)NCC2(C)CCC2)c(Br)s1. The van der Waals surface area contributed by atoms with Crippen LogP contribution in [-0.2, 0) is 16.6 Å². The Bertz CT molecular complexity index is 580. The topological polar surface area (TPSA) is 58.2 Å². The third-order valence-electron chi connectivity index (χ3n) is 3.97. The minimum absolute atomic E-state index is 0.140. The molecule has 2 rings (SSSR count). The monoisotopic (exact) mass is 394 g/mol. The number of hydrogen-bond acceptors (Lipinski definition) is 4. The van der Waals surface area contributed by atoms with Gasteiger partial charge in [-0.15, -0.1) is 11.3 Å². The van der Waals surface area contributed by atoms with Crippen molar-refractivity contribution in [3.05, 3.63) is 14.7 Å². The Hall–Kier alpha value is 0.0500. The van der Waals surface area contributed by atoms with E-state index < -0.39 is 10.0 Å². The summed E-state index contributed by atoms with van der Waals surface area (Å²) in [6.07, 6.45) is 4.48. The van der Waals surface area contributed by atoms with E-state index in [1.165, 1.54) is 17.8 Å². The van der Waals surface area contributed by atoms with Crippen LogP contribution in [0.5, 0.6) is 0 Å². The molecule has 1 aliphatic rings. The normalized spacial score (nSPS) is 17.7. The minimum Gasteiger partial charge on any atom is -0.312 e. The van der Waals surface area contributed by atoms with Crippen molar-refractivity contribution < 1.29 is 8.42 Å². The Labute approximate surface area is 139 Å². The summed E-state index contributed by atoms with van der Waals surface area (Å²) >= 11 is 4.86. The summed E-state index contributed by atoms with van der Waals surface area (Å²) in [6, 6.07) is 1.77. The maximum Gasteiger partial charge on any atom is 0.242 e. The van der Waals surface area contributed by atoms with E-state index in [1.54, 1.807) is 6.07 Å². The van der Waals surface area contributed by atoms with Crippen molar-refractivity contribution in [1.82, 2.24) is 10.0 Å². The molecule has 0 radical (unpaired) electrons. The van der Waals surface area contributed by atoms with E-state index in [0.29, 0.717) is 21.8 Å². The molecule has 0 atom stereocenters. The predicted molar refractivity (Wildman–Crippen MR) is 91.2 cm³/mol. The van der Waals surface area contributed by atoms with Gasteiger partial charge >= 0.3 is 0 Å². The van der Waals surface area contributed by atoms with Gasteiger partial charge in [0.15, 0.2) is 0 Å². The summed E-state index contributed by atoms with van der Waals surface area (Å²) in [7, 11) is -3.42. The van der Waals surface area contributed by atoms with Gasteiger partial charge in [-0.05, 0) is 53.2 Å². The molecule has 0 bridgehead atoms. The standard InChI is InChI=1S/C14H23BrN2O2S2/c1-3-7-16-9-11-8-12(13(15)20-11)21(18,19)17-10-14(2)5-4-6-14/h8,16-17H,3-7,9-10H2,1-2H3. The molecule has 4 nitrogen and oxygen atoms in total. The molecular formula is C14H23BrN2O2S2. The average Bonchev–Trinajstić information content (AvgIpc) is 2.77. The Morgan fingerprint density at radius 3 is 2.71 bits per heavy atom. The van der Waals surface area contributed by atoms with Crippen LogP contribution in [0.3, 0.4) is 0 Å². The van der Waals surface area contributed by atoms with Crippen LogP contribution in [0, 0.1) is 5.41 Å². The van der Waals surface area contributed by atoms with Crippen molar-refractivity contribution >= 4 is 37.3 Å². The number of nitrogens with one attached hydrogen (secondary N) is 2. The van der Waals surface area contributed by atoms with Crippen molar-refractivity contribution in [1.29, 1.82) is 0 Å². The van der Waals surface area contributed by atoms with E-state index in [-0.39, 0.29) is 5.41 Å². The van der Waals surface area contributed by atoms with Gasteiger partial charge in [0.2, 0.25) is 10.0 Å². The van der Waals surface area contributed by atoms with Gasteiger partial charge in [0.05, 0.1) is 3.79 Å². The maximum absolute atomic E-state index is 12.4. The minimum atomic E-state index is -3.42. The van der Waals surface area contributed by atoms with Gasteiger partial charge in [0.25, 0.3) is 0 Å². The fourth-order valence-electron chi connectivity index (χ4n) is 2.36. The summed E-state index contributed by atoms with van der Waals surface area (Å²) in [5, 5.41) is 3.29. The first-order valence-corrected chi connectivity index (χ1v) is 10.4. The maximum atomic E-state index is 12.4. The second-order valence-corrected chi connectivity index (χ2v) is 10.2. The van der Waals surface area contributed by atoms with E-state index in [2.05, 4.69) is 39.8 Å². The average molecular weight is 395 g/mol. The summed E-state index contributed by atoms with van der Waals surface area (Å²) in [5.41, 5.74) is 0.140. The molecule has 0 unspecified atom stereocenters. The third kappa shape index (κ3) is 4.51. The molecule has 120 valence electrons. The van der Waals surface area contributed by atoms with Crippen LogP contribution in [0.15, 0.2) is 14.7 Å². The van der Waals surface area contributed by atoms with E-state index in [1.807, 2.05) is 0 Å². The highest BCUT2D eigenvalue weighted by Gasteiger charge is 2.33. The van der Waals surface area contributed by atoms with Crippen LogP contribution in [0.2, 0.25) is 0 Å². The third-order valence-corrected chi connectivity index (χ3v) is 7.62. The number of sulfonamides is 1. The fraction of sp³-hybridized carbons (Fsp3) is 0.714. The zero-order chi connectivity index (χ0) is 15.5. The zero-order valence-corrected chi connectivity index (χ0v) is 15.8. The molecular weight excluding hydrogens is 372 g/mol. The number of thiophene rings is 1. The van der Waals surface area contributed by atoms with Crippen LogP contribution in [0.4, 0.5) is 0 Å². The molecule has 0 amide bonds. The zero-order valence-electron chi connectivity index (χ0n) is 12.5. The van der Waals surface area contributed by atoms with Crippen LogP contribution in [0.25, 0.3) is 0 Å². The first-order chi connectivity index (χ1) is 9.86. The summed E-state index contributed by atoms with van der Waals surface area (Å²) < 4.78 is 28.3. The van der Waals surface area contributed by atoms with Gasteiger partial charge in [-0.2, -0.15) is 0 Å². The van der Waals surface area contributed by atoms with E-state index >= 15 is 0 Å². The second kappa shape index (κ2) is 7.08. The second-order valence-electron chi connectivity index (χ2n) is 6.02. The summed E-state index contributed by atoms with van der Waals surface area (Å²) in [5.74, 6) is 0. The predicted octanol–water partition coefficient (Wildman–Crippen LogP) is 3.48. The molecule has 1 fully saturated rings. The molecule has 0 saturated heterocycles. The van der Waals surface area contributed by atoms with Crippen molar-refractivity contribution in [3.63, 3.8) is 0 Å². The molecule has 21 heavy (non-hydrogen) atoms. The summed E-state index contributed by atoms with van der Waals surface area (Å²) in [4.78, 5) is 1.40. The van der Waals surface area contributed by atoms with E-state index in [9.17, 15) is 8.42 Å². The highest BCUT2D eigenvalue weighted by atomic mass is 79.9. The van der Waals surface area contributed by atoms with E-state index in [4.69, 9.17) is 0 Å². The highest BCUT2D eigenvalue weighted by molar-refractivity contribution is 9.11. The number of halogens is 1. The quantitative estimate of drug-likeness (QED) is 0.663. The molecule has 1 saturated carbocycles. The Morgan fingerprint density at radius 1 is 1.43 bits per heavy atom. The lowest BCUT2D eigenvalue weighted by Gasteiger charge is -2.38. The van der Waals surface area contributed by atoms with Crippen molar-refractivity contribution in [2.45, 2.75) is 51.0 Å². The summed E-state index contributed by atoms with van der Waals surface area (Å²) in [6.45, 7) is 6.43. The molecule has 1 aromatic heterocycles. The lowest BCUT2D eigenvalue weighted by molar-refractivity contribution is 0.166. The van der Waals surface area contributed by atoms with Gasteiger partial charge < -0.3 is 5.32 Å². The fourth-order valence-corrected chi connectivity index (χ4v) is 6.21. The van der Waals surface area contributed by atoms with Gasteiger partial charge in [0, 0.05) is 18.0 Å². The molecule has 0 aromatic carbocycles. The van der Waals surface area contributed by atoms with Crippen molar-refractivity contribution in [2.75, 3.05) is 13.1 Å².